The maximum atomic E-state index is 11.6. The number of aryl methyl sites for hydroxylation is 1. The summed E-state index contributed by atoms with van der Waals surface area (Å²) in [6.45, 7) is 2.17. The Morgan fingerprint density at radius 3 is 2.80 bits per heavy atom. The topological polar surface area (TPSA) is 90.9 Å². The van der Waals surface area contributed by atoms with E-state index in [0.29, 0.717) is 24.5 Å². The highest BCUT2D eigenvalue weighted by molar-refractivity contribution is 7.91. The number of benzene rings is 1. The monoisotopic (exact) mass is 294 g/mol. The van der Waals surface area contributed by atoms with Crippen molar-refractivity contribution in [3.63, 3.8) is 0 Å². The highest BCUT2D eigenvalue weighted by Gasteiger charge is 2.11. The molecule has 0 aliphatic rings. The Balaban J connectivity index is 2.06. The quantitative estimate of drug-likeness (QED) is 0.812. The average Bonchev–Trinajstić information content (AvgIpc) is 2.85. The summed E-state index contributed by atoms with van der Waals surface area (Å²) in [7, 11) is -3.00. The fourth-order valence-corrected chi connectivity index (χ4v) is 3.15. The number of nitrogen functional groups attached to an aromatic ring is 1. The van der Waals surface area contributed by atoms with Crippen molar-refractivity contribution in [2.75, 3.05) is 17.2 Å². The van der Waals surface area contributed by atoms with Crippen molar-refractivity contribution in [3.05, 3.63) is 30.6 Å². The Kier molecular flexibility index (Phi) is 4.39. The molecule has 0 unspecified atom stereocenters. The van der Waals surface area contributed by atoms with Crippen LogP contribution in [0.2, 0.25) is 0 Å². The molecule has 2 aromatic rings. The largest absolute Gasteiger partial charge is 0.399 e. The van der Waals surface area contributed by atoms with Crippen LogP contribution in [0.3, 0.4) is 0 Å². The van der Waals surface area contributed by atoms with Crippen LogP contribution in [0, 0.1) is 0 Å². The van der Waals surface area contributed by atoms with Gasteiger partial charge in [-0.2, -0.15) is 5.10 Å². The predicted molar refractivity (Wildman–Crippen MR) is 78.8 cm³/mol. The summed E-state index contributed by atoms with van der Waals surface area (Å²) in [5, 5.41) is 4.27. The van der Waals surface area contributed by atoms with Gasteiger partial charge in [0.1, 0.15) is 6.33 Å². The second kappa shape index (κ2) is 6.04. The lowest BCUT2D eigenvalue weighted by molar-refractivity contribution is 0.579. The second-order valence-electron chi connectivity index (χ2n) is 4.61. The molecule has 0 aliphatic heterocycles. The van der Waals surface area contributed by atoms with Gasteiger partial charge in [-0.1, -0.05) is 19.1 Å². The molecule has 2 N–H and O–H groups in total. The highest BCUT2D eigenvalue weighted by atomic mass is 32.2. The van der Waals surface area contributed by atoms with E-state index in [0.717, 1.165) is 5.56 Å². The van der Waals surface area contributed by atoms with Crippen molar-refractivity contribution < 1.29 is 8.42 Å². The third-order valence-electron chi connectivity index (χ3n) is 2.83. The minimum Gasteiger partial charge on any atom is -0.399 e. The van der Waals surface area contributed by atoms with Gasteiger partial charge < -0.3 is 5.73 Å². The molecule has 1 aromatic heterocycles. The van der Waals surface area contributed by atoms with Crippen LogP contribution in [0.5, 0.6) is 0 Å². The van der Waals surface area contributed by atoms with Crippen LogP contribution in [0.4, 0.5) is 5.69 Å². The summed E-state index contributed by atoms with van der Waals surface area (Å²) in [4.78, 5) is 4.18. The number of hydrogen-bond acceptors (Lipinski definition) is 5. The molecular weight excluding hydrogens is 276 g/mol. The molecule has 1 aromatic carbocycles. The average molecular weight is 294 g/mol. The molecule has 0 bridgehead atoms. The summed E-state index contributed by atoms with van der Waals surface area (Å²) in [5.41, 5.74) is 7.17. The Labute approximate surface area is 118 Å². The molecule has 0 aliphatic carbocycles. The minimum absolute atomic E-state index is 0.0839. The van der Waals surface area contributed by atoms with Gasteiger partial charge in [-0.05, 0) is 18.6 Å². The molecule has 20 heavy (non-hydrogen) atoms. The molecule has 1 heterocycles. The standard InChI is InChI=1S/C13H18N4O2S/c1-2-7-20(18,19)8-6-17-10-15-13(16-17)11-4-3-5-12(14)9-11/h3-5,9-10H,2,6-8,14H2,1H3. The molecule has 6 nitrogen and oxygen atoms in total. The second-order valence-corrected chi connectivity index (χ2v) is 6.91. The lowest BCUT2D eigenvalue weighted by Gasteiger charge is -2.02. The molecule has 2 rings (SSSR count). The van der Waals surface area contributed by atoms with E-state index in [1.807, 2.05) is 19.1 Å². The lowest BCUT2D eigenvalue weighted by atomic mass is 10.2. The molecule has 7 heteroatoms. The van der Waals surface area contributed by atoms with Gasteiger partial charge in [0.05, 0.1) is 12.3 Å². The Bertz CT molecular complexity index is 679. The number of nitrogens with two attached hydrogens (primary N) is 1. The van der Waals surface area contributed by atoms with Crippen LogP contribution < -0.4 is 5.73 Å². The van der Waals surface area contributed by atoms with E-state index in [2.05, 4.69) is 10.1 Å². The number of nitrogens with zero attached hydrogens (tertiary/aromatic N) is 3. The van der Waals surface area contributed by atoms with Gasteiger partial charge in [0.2, 0.25) is 0 Å². The Morgan fingerprint density at radius 1 is 1.30 bits per heavy atom. The third-order valence-corrected chi connectivity index (χ3v) is 4.66. The van der Waals surface area contributed by atoms with Gasteiger partial charge >= 0.3 is 0 Å². The summed E-state index contributed by atoms with van der Waals surface area (Å²) in [5.74, 6) is 0.842. The van der Waals surface area contributed by atoms with Gasteiger partial charge in [0.15, 0.2) is 15.7 Å². The molecule has 0 saturated heterocycles. The summed E-state index contributed by atoms with van der Waals surface area (Å²) < 4.78 is 24.8. The maximum Gasteiger partial charge on any atom is 0.181 e. The van der Waals surface area contributed by atoms with Crippen LogP contribution in [-0.2, 0) is 16.4 Å². The fraction of sp³-hybridized carbons (Fsp3) is 0.385. The molecule has 108 valence electrons. The third kappa shape index (κ3) is 3.80. The van der Waals surface area contributed by atoms with Crippen LogP contribution >= 0.6 is 0 Å². The normalized spacial score (nSPS) is 11.7. The lowest BCUT2D eigenvalue weighted by Crippen LogP contribution is -2.16. The van der Waals surface area contributed by atoms with E-state index < -0.39 is 9.84 Å². The van der Waals surface area contributed by atoms with Gasteiger partial charge in [0, 0.05) is 17.0 Å². The molecule has 0 spiro atoms. The van der Waals surface area contributed by atoms with Crippen molar-refractivity contribution in [2.24, 2.45) is 0 Å². The Hall–Kier alpha value is -1.89. The SMILES string of the molecule is CCCS(=O)(=O)CCn1cnc(-c2cccc(N)c2)n1. The van der Waals surface area contributed by atoms with E-state index in [1.54, 1.807) is 23.1 Å². The number of hydrogen-bond donors (Lipinski definition) is 1. The van der Waals surface area contributed by atoms with Crippen LogP contribution in [0.15, 0.2) is 30.6 Å². The van der Waals surface area contributed by atoms with E-state index in [1.165, 1.54) is 0 Å². The van der Waals surface area contributed by atoms with Gasteiger partial charge in [-0.15, -0.1) is 0 Å². The van der Waals surface area contributed by atoms with Crippen LogP contribution in [0.25, 0.3) is 11.4 Å². The summed E-state index contributed by atoms with van der Waals surface area (Å²) in [6.07, 6.45) is 2.17. The van der Waals surface area contributed by atoms with Crippen molar-refractivity contribution in [1.29, 1.82) is 0 Å². The van der Waals surface area contributed by atoms with Crippen LogP contribution in [-0.4, -0.2) is 34.7 Å². The van der Waals surface area contributed by atoms with Gasteiger partial charge in [-0.25, -0.2) is 13.4 Å². The molecule has 0 atom stereocenters. The number of aromatic nitrogens is 3. The zero-order valence-electron chi connectivity index (χ0n) is 11.4. The van der Waals surface area contributed by atoms with Gasteiger partial charge in [-0.3, -0.25) is 4.68 Å². The summed E-state index contributed by atoms with van der Waals surface area (Å²) >= 11 is 0. The first-order valence-corrected chi connectivity index (χ1v) is 8.28. The van der Waals surface area contributed by atoms with E-state index >= 15 is 0 Å². The van der Waals surface area contributed by atoms with Crippen molar-refractivity contribution >= 4 is 15.5 Å². The number of anilines is 1. The number of sulfone groups is 1. The van der Waals surface area contributed by atoms with Gasteiger partial charge in [0.25, 0.3) is 0 Å². The first kappa shape index (κ1) is 14.5. The molecular formula is C13H18N4O2S. The molecule has 0 radical (unpaired) electrons. The maximum absolute atomic E-state index is 11.6. The van der Waals surface area contributed by atoms with Crippen molar-refractivity contribution in [3.8, 4) is 11.4 Å². The molecule has 0 amide bonds. The predicted octanol–water partition coefficient (Wildman–Crippen LogP) is 1.35. The Morgan fingerprint density at radius 2 is 2.10 bits per heavy atom. The highest BCUT2D eigenvalue weighted by Crippen LogP contribution is 2.16. The molecule has 0 saturated carbocycles. The zero-order valence-corrected chi connectivity index (χ0v) is 12.2. The molecule has 0 fully saturated rings. The summed E-state index contributed by atoms with van der Waals surface area (Å²) in [6, 6.07) is 7.27. The first-order chi connectivity index (χ1) is 9.50. The van der Waals surface area contributed by atoms with Crippen molar-refractivity contribution in [1.82, 2.24) is 14.8 Å². The van der Waals surface area contributed by atoms with Crippen LogP contribution in [0.1, 0.15) is 13.3 Å². The first-order valence-electron chi connectivity index (χ1n) is 6.46. The fourth-order valence-electron chi connectivity index (χ4n) is 1.86. The van der Waals surface area contributed by atoms with E-state index in [4.69, 9.17) is 5.73 Å². The van der Waals surface area contributed by atoms with E-state index in [9.17, 15) is 8.42 Å². The zero-order chi connectivity index (χ0) is 14.6. The van der Waals surface area contributed by atoms with E-state index in [-0.39, 0.29) is 11.5 Å². The minimum atomic E-state index is -3.00. The number of rotatable bonds is 6. The smallest absolute Gasteiger partial charge is 0.181 e. The van der Waals surface area contributed by atoms with Crippen molar-refractivity contribution in [2.45, 2.75) is 19.9 Å².